The highest BCUT2D eigenvalue weighted by Crippen LogP contribution is 2.23. The summed E-state index contributed by atoms with van der Waals surface area (Å²) in [5, 5.41) is 4.42. The van der Waals surface area contributed by atoms with Gasteiger partial charge in [-0.1, -0.05) is 44.4 Å². The first-order valence-electron chi connectivity index (χ1n) is 9.29. The van der Waals surface area contributed by atoms with Gasteiger partial charge in [-0.3, -0.25) is 4.79 Å². The maximum absolute atomic E-state index is 12.5. The van der Waals surface area contributed by atoms with Crippen LogP contribution >= 0.6 is 0 Å². The van der Waals surface area contributed by atoms with Crippen molar-refractivity contribution in [3.05, 3.63) is 36.0 Å². The van der Waals surface area contributed by atoms with Crippen LogP contribution in [0.1, 0.15) is 51.0 Å². The van der Waals surface area contributed by atoms with Gasteiger partial charge in [-0.25, -0.2) is 0 Å². The van der Waals surface area contributed by atoms with E-state index >= 15 is 0 Å². The third-order valence-electron chi connectivity index (χ3n) is 5.16. The summed E-state index contributed by atoms with van der Waals surface area (Å²) in [7, 11) is 0. The molecular formula is C20H29N3O. The van der Waals surface area contributed by atoms with Gasteiger partial charge in [0.1, 0.15) is 6.54 Å². The standard InChI is InChI=1S/C20H29N3O/c1-2-16(21)12-15-13-23(19-11-7-6-10-18(15)19)14-20(24)22-17-8-4-3-5-9-17/h6-7,10-11,13,16-17H,2-5,8-9,12,14,21H2,1H3,(H,22,24). The minimum absolute atomic E-state index is 0.119. The molecule has 1 fully saturated rings. The molecule has 0 bridgehead atoms. The van der Waals surface area contributed by atoms with Crippen LogP contribution in [0, 0.1) is 0 Å². The molecule has 0 radical (unpaired) electrons. The average Bonchev–Trinajstić information content (AvgIpc) is 2.93. The van der Waals surface area contributed by atoms with E-state index in [0.717, 1.165) is 31.2 Å². The Morgan fingerprint density at radius 1 is 1.29 bits per heavy atom. The molecule has 1 unspecified atom stereocenters. The largest absolute Gasteiger partial charge is 0.352 e. The fourth-order valence-electron chi connectivity index (χ4n) is 3.72. The van der Waals surface area contributed by atoms with Gasteiger partial charge in [0.15, 0.2) is 0 Å². The first-order chi connectivity index (χ1) is 11.7. The first kappa shape index (κ1) is 17.0. The van der Waals surface area contributed by atoms with Crippen molar-refractivity contribution in [3.63, 3.8) is 0 Å². The number of rotatable bonds is 6. The lowest BCUT2D eigenvalue weighted by molar-refractivity contribution is -0.122. The molecule has 24 heavy (non-hydrogen) atoms. The molecule has 1 saturated carbocycles. The van der Waals surface area contributed by atoms with Crippen molar-refractivity contribution in [2.24, 2.45) is 5.73 Å². The normalized spacial score (nSPS) is 17.1. The zero-order chi connectivity index (χ0) is 16.9. The van der Waals surface area contributed by atoms with E-state index in [1.54, 1.807) is 0 Å². The van der Waals surface area contributed by atoms with Gasteiger partial charge in [-0.2, -0.15) is 0 Å². The fourth-order valence-corrected chi connectivity index (χ4v) is 3.72. The molecule has 130 valence electrons. The minimum atomic E-state index is 0.119. The van der Waals surface area contributed by atoms with Crippen LogP contribution in [0.2, 0.25) is 0 Å². The molecule has 1 aromatic carbocycles. The number of fused-ring (bicyclic) bond motifs is 1. The lowest BCUT2D eigenvalue weighted by atomic mass is 9.95. The van der Waals surface area contributed by atoms with Gasteiger partial charge in [0.05, 0.1) is 0 Å². The topological polar surface area (TPSA) is 60.0 Å². The zero-order valence-electron chi connectivity index (χ0n) is 14.6. The van der Waals surface area contributed by atoms with Crippen LogP contribution in [0.25, 0.3) is 10.9 Å². The van der Waals surface area contributed by atoms with Crippen molar-refractivity contribution in [2.75, 3.05) is 0 Å². The number of nitrogens with two attached hydrogens (primary N) is 1. The average molecular weight is 327 g/mol. The Kier molecular flexibility index (Phi) is 5.56. The van der Waals surface area contributed by atoms with Crippen molar-refractivity contribution >= 4 is 16.8 Å². The number of hydrogen-bond donors (Lipinski definition) is 2. The third-order valence-corrected chi connectivity index (χ3v) is 5.16. The lowest BCUT2D eigenvalue weighted by Crippen LogP contribution is -2.38. The Hall–Kier alpha value is -1.81. The van der Waals surface area contributed by atoms with Gasteiger partial charge in [0, 0.05) is 29.2 Å². The highest BCUT2D eigenvalue weighted by Gasteiger charge is 2.17. The number of carbonyl (C=O) groups excluding carboxylic acids is 1. The predicted octanol–water partition coefficient (Wildman–Crippen LogP) is 3.37. The molecule has 1 heterocycles. The second-order valence-electron chi connectivity index (χ2n) is 7.07. The van der Waals surface area contributed by atoms with E-state index in [0.29, 0.717) is 12.6 Å². The molecule has 4 heteroatoms. The number of benzene rings is 1. The molecule has 2 aromatic rings. The van der Waals surface area contributed by atoms with Crippen molar-refractivity contribution < 1.29 is 4.79 Å². The van der Waals surface area contributed by atoms with Crippen molar-refractivity contribution in [2.45, 2.75) is 70.5 Å². The summed E-state index contributed by atoms with van der Waals surface area (Å²) in [6.45, 7) is 2.50. The second-order valence-corrected chi connectivity index (χ2v) is 7.07. The monoisotopic (exact) mass is 327 g/mol. The van der Waals surface area contributed by atoms with Gasteiger partial charge in [-0.05, 0) is 37.3 Å². The number of nitrogens with zero attached hydrogens (tertiary/aromatic N) is 1. The molecule has 3 N–H and O–H groups in total. The highest BCUT2D eigenvalue weighted by molar-refractivity contribution is 5.86. The second kappa shape index (κ2) is 7.84. The molecule has 3 rings (SSSR count). The molecule has 1 aliphatic carbocycles. The number of amides is 1. The van der Waals surface area contributed by atoms with E-state index < -0.39 is 0 Å². The number of para-hydroxylation sites is 1. The Bertz CT molecular complexity index is 685. The van der Waals surface area contributed by atoms with Crippen molar-refractivity contribution in [1.82, 2.24) is 9.88 Å². The molecular weight excluding hydrogens is 298 g/mol. The Labute approximate surface area is 144 Å². The van der Waals surface area contributed by atoms with Crippen LogP contribution in [-0.2, 0) is 17.8 Å². The summed E-state index contributed by atoms with van der Waals surface area (Å²) in [6.07, 6.45) is 9.93. The SMILES string of the molecule is CCC(N)Cc1cn(CC(=O)NC2CCCCC2)c2ccccc12. The summed E-state index contributed by atoms with van der Waals surface area (Å²) in [5.41, 5.74) is 8.50. The van der Waals surface area contributed by atoms with Gasteiger partial charge in [0.25, 0.3) is 0 Å². The van der Waals surface area contributed by atoms with E-state index in [1.165, 1.54) is 30.2 Å². The Morgan fingerprint density at radius 2 is 2.04 bits per heavy atom. The number of aromatic nitrogens is 1. The number of carbonyl (C=O) groups is 1. The first-order valence-corrected chi connectivity index (χ1v) is 9.29. The molecule has 4 nitrogen and oxygen atoms in total. The van der Waals surface area contributed by atoms with E-state index in [9.17, 15) is 4.79 Å². The van der Waals surface area contributed by atoms with Crippen LogP contribution in [0.3, 0.4) is 0 Å². The van der Waals surface area contributed by atoms with Crippen molar-refractivity contribution in [1.29, 1.82) is 0 Å². The fraction of sp³-hybridized carbons (Fsp3) is 0.550. The smallest absolute Gasteiger partial charge is 0.240 e. The Balaban J connectivity index is 1.74. The van der Waals surface area contributed by atoms with Crippen LogP contribution in [0.5, 0.6) is 0 Å². The minimum Gasteiger partial charge on any atom is -0.352 e. The lowest BCUT2D eigenvalue weighted by Gasteiger charge is -2.22. The molecule has 1 atom stereocenters. The molecule has 0 saturated heterocycles. The zero-order valence-corrected chi connectivity index (χ0v) is 14.6. The van der Waals surface area contributed by atoms with E-state index in [1.807, 2.05) is 6.07 Å². The number of hydrogen-bond acceptors (Lipinski definition) is 2. The summed E-state index contributed by atoms with van der Waals surface area (Å²) >= 11 is 0. The number of nitrogens with one attached hydrogen (secondary N) is 1. The van der Waals surface area contributed by atoms with E-state index in [2.05, 4.69) is 41.2 Å². The van der Waals surface area contributed by atoms with E-state index in [4.69, 9.17) is 5.73 Å². The highest BCUT2D eigenvalue weighted by atomic mass is 16.2. The van der Waals surface area contributed by atoms with E-state index in [-0.39, 0.29) is 11.9 Å². The maximum Gasteiger partial charge on any atom is 0.240 e. The summed E-state index contributed by atoms with van der Waals surface area (Å²) in [6, 6.07) is 8.82. The van der Waals surface area contributed by atoms with Gasteiger partial charge in [0.2, 0.25) is 5.91 Å². The molecule has 0 aliphatic heterocycles. The van der Waals surface area contributed by atoms with Crippen LogP contribution in [0.4, 0.5) is 0 Å². The quantitative estimate of drug-likeness (QED) is 0.854. The van der Waals surface area contributed by atoms with Crippen LogP contribution in [0.15, 0.2) is 30.5 Å². The third kappa shape index (κ3) is 3.99. The molecule has 0 spiro atoms. The van der Waals surface area contributed by atoms with Crippen molar-refractivity contribution in [3.8, 4) is 0 Å². The molecule has 1 aromatic heterocycles. The van der Waals surface area contributed by atoms with Crippen LogP contribution in [-0.4, -0.2) is 22.6 Å². The Morgan fingerprint density at radius 3 is 2.79 bits per heavy atom. The summed E-state index contributed by atoms with van der Waals surface area (Å²) in [5.74, 6) is 0.119. The molecule has 1 aliphatic rings. The van der Waals surface area contributed by atoms with Gasteiger partial charge in [-0.15, -0.1) is 0 Å². The summed E-state index contributed by atoms with van der Waals surface area (Å²) in [4.78, 5) is 12.5. The molecule has 1 amide bonds. The predicted molar refractivity (Wildman–Crippen MR) is 98.9 cm³/mol. The van der Waals surface area contributed by atoms with Gasteiger partial charge >= 0.3 is 0 Å². The maximum atomic E-state index is 12.5. The van der Waals surface area contributed by atoms with Crippen LogP contribution < -0.4 is 11.1 Å². The summed E-state index contributed by atoms with van der Waals surface area (Å²) < 4.78 is 2.07. The van der Waals surface area contributed by atoms with Gasteiger partial charge < -0.3 is 15.6 Å².